The molecule has 0 aliphatic carbocycles. The van der Waals surface area contributed by atoms with Gasteiger partial charge in [0.1, 0.15) is 23.0 Å². The summed E-state index contributed by atoms with van der Waals surface area (Å²) in [5, 5.41) is 9.15. The van der Waals surface area contributed by atoms with Crippen LogP contribution in [0.15, 0.2) is 53.1 Å². The number of nitrogens with zero attached hydrogens (tertiary/aromatic N) is 4. The lowest BCUT2D eigenvalue weighted by atomic mass is 10.2. The van der Waals surface area contributed by atoms with E-state index in [-0.39, 0.29) is 6.61 Å². The highest BCUT2D eigenvalue weighted by Gasteiger charge is 2.10. The number of oxazole rings is 1. The molecule has 0 fully saturated rings. The number of benzene rings is 2. The molecule has 0 bridgehead atoms. The Morgan fingerprint density at radius 2 is 1.96 bits per heavy atom. The first-order chi connectivity index (χ1) is 11.7. The predicted octanol–water partition coefficient (Wildman–Crippen LogP) is 4.02. The minimum absolute atomic E-state index is 0.176. The molecule has 0 saturated carbocycles. The summed E-state index contributed by atoms with van der Waals surface area (Å²) in [6.07, 6.45) is 1.53. The van der Waals surface area contributed by atoms with Crippen LogP contribution in [-0.4, -0.2) is 20.1 Å². The van der Waals surface area contributed by atoms with Crippen molar-refractivity contribution in [2.24, 2.45) is 0 Å². The van der Waals surface area contributed by atoms with Crippen molar-refractivity contribution in [1.82, 2.24) is 20.1 Å². The number of aromatic nitrogens is 4. The fourth-order valence-corrected chi connectivity index (χ4v) is 2.58. The topological polar surface area (TPSA) is 66.0 Å². The van der Waals surface area contributed by atoms with E-state index in [1.807, 2.05) is 12.1 Å². The zero-order valence-electron chi connectivity index (χ0n) is 12.2. The molecular formula is C16H10Cl2N4O2. The van der Waals surface area contributed by atoms with Gasteiger partial charge in [0.05, 0.1) is 0 Å². The highest BCUT2D eigenvalue weighted by molar-refractivity contribution is 6.31. The second-order valence-electron chi connectivity index (χ2n) is 5.02. The Morgan fingerprint density at radius 3 is 2.83 bits per heavy atom. The standard InChI is InChI=1S/C16H10Cl2N4O2/c17-11-3-1-2-10(6-11)16-19-13(8-23-16)9-24-22-15-7-12(18)4-5-14(15)20-21-22/h1-8H,9H2. The molecule has 8 heteroatoms. The van der Waals surface area contributed by atoms with Crippen LogP contribution in [0.5, 0.6) is 0 Å². The van der Waals surface area contributed by atoms with Gasteiger partial charge >= 0.3 is 0 Å². The summed E-state index contributed by atoms with van der Waals surface area (Å²) in [6.45, 7) is 0.176. The summed E-state index contributed by atoms with van der Waals surface area (Å²) >= 11 is 12.0. The Morgan fingerprint density at radius 1 is 1.08 bits per heavy atom. The van der Waals surface area contributed by atoms with Gasteiger partial charge in [0.15, 0.2) is 6.61 Å². The predicted molar refractivity (Wildman–Crippen MR) is 89.8 cm³/mol. The van der Waals surface area contributed by atoms with Gasteiger partial charge in [-0.1, -0.05) is 34.1 Å². The first-order valence-corrected chi connectivity index (χ1v) is 7.79. The quantitative estimate of drug-likeness (QED) is 0.549. The van der Waals surface area contributed by atoms with Gasteiger partial charge in [-0.3, -0.25) is 0 Å². The van der Waals surface area contributed by atoms with Crippen LogP contribution in [0.2, 0.25) is 10.0 Å². The van der Waals surface area contributed by atoms with E-state index in [0.717, 1.165) is 5.56 Å². The van der Waals surface area contributed by atoms with Gasteiger partial charge < -0.3 is 9.25 Å². The van der Waals surface area contributed by atoms with E-state index in [4.69, 9.17) is 32.5 Å². The van der Waals surface area contributed by atoms with E-state index in [1.165, 1.54) is 11.1 Å². The van der Waals surface area contributed by atoms with Crippen LogP contribution in [-0.2, 0) is 6.61 Å². The van der Waals surface area contributed by atoms with Gasteiger partial charge in [-0.05, 0) is 41.6 Å². The molecule has 0 aliphatic heterocycles. The molecule has 0 saturated heterocycles. The van der Waals surface area contributed by atoms with Gasteiger partial charge in [0.2, 0.25) is 5.89 Å². The molecule has 0 aliphatic rings. The molecule has 0 N–H and O–H groups in total. The van der Waals surface area contributed by atoms with E-state index in [1.54, 1.807) is 30.3 Å². The molecule has 0 atom stereocenters. The molecule has 0 spiro atoms. The van der Waals surface area contributed by atoms with Crippen molar-refractivity contribution in [3.63, 3.8) is 0 Å². The SMILES string of the molecule is Clc1cccc(-c2nc(COn3nnc4ccc(Cl)cc43)co2)c1. The first kappa shape index (κ1) is 15.0. The third kappa shape index (κ3) is 2.93. The number of hydrogen-bond donors (Lipinski definition) is 0. The summed E-state index contributed by atoms with van der Waals surface area (Å²) in [5.41, 5.74) is 2.79. The fourth-order valence-electron chi connectivity index (χ4n) is 2.22. The first-order valence-electron chi connectivity index (χ1n) is 7.04. The van der Waals surface area contributed by atoms with Gasteiger partial charge in [-0.2, -0.15) is 0 Å². The summed E-state index contributed by atoms with van der Waals surface area (Å²) in [6, 6.07) is 12.5. The van der Waals surface area contributed by atoms with Crippen molar-refractivity contribution in [3.05, 3.63) is 64.5 Å². The average molecular weight is 361 g/mol. The van der Waals surface area contributed by atoms with E-state index >= 15 is 0 Å². The van der Waals surface area contributed by atoms with Crippen LogP contribution < -0.4 is 4.84 Å². The highest BCUT2D eigenvalue weighted by atomic mass is 35.5. The number of fused-ring (bicyclic) bond motifs is 1. The third-order valence-corrected chi connectivity index (χ3v) is 3.81. The van der Waals surface area contributed by atoms with E-state index in [2.05, 4.69) is 15.3 Å². The lowest BCUT2D eigenvalue weighted by Gasteiger charge is -2.02. The maximum Gasteiger partial charge on any atom is 0.226 e. The fraction of sp³-hybridized carbons (Fsp3) is 0.0625. The lowest BCUT2D eigenvalue weighted by molar-refractivity contribution is 0.0731. The van der Waals surface area contributed by atoms with Crippen molar-refractivity contribution < 1.29 is 9.25 Å². The van der Waals surface area contributed by atoms with E-state index < -0.39 is 0 Å². The lowest BCUT2D eigenvalue weighted by Crippen LogP contribution is -2.13. The van der Waals surface area contributed by atoms with Gasteiger partial charge in [0.25, 0.3) is 0 Å². The highest BCUT2D eigenvalue weighted by Crippen LogP contribution is 2.22. The Balaban J connectivity index is 1.53. The van der Waals surface area contributed by atoms with Gasteiger partial charge in [0, 0.05) is 15.6 Å². The minimum Gasteiger partial charge on any atom is -0.444 e. The van der Waals surface area contributed by atoms with Crippen molar-refractivity contribution in [2.75, 3.05) is 0 Å². The molecule has 4 rings (SSSR count). The Hall–Kier alpha value is -2.57. The average Bonchev–Trinajstić information content (AvgIpc) is 3.19. The molecule has 120 valence electrons. The summed E-state index contributed by atoms with van der Waals surface area (Å²) in [5.74, 6) is 0.475. The Labute approximate surface area is 146 Å². The smallest absolute Gasteiger partial charge is 0.226 e. The second kappa shape index (κ2) is 6.14. The Bertz CT molecular complexity index is 1010. The van der Waals surface area contributed by atoms with Gasteiger partial charge in [-0.25, -0.2) is 4.98 Å². The summed E-state index contributed by atoms with van der Waals surface area (Å²) in [4.78, 5) is 11.3. The summed E-state index contributed by atoms with van der Waals surface area (Å²) in [7, 11) is 0. The van der Waals surface area contributed by atoms with Gasteiger partial charge in [-0.15, -0.1) is 5.10 Å². The number of hydrogen-bond acceptors (Lipinski definition) is 5. The van der Waals surface area contributed by atoms with E-state index in [0.29, 0.717) is 32.7 Å². The molecule has 6 nitrogen and oxygen atoms in total. The maximum atomic E-state index is 5.99. The van der Waals surface area contributed by atoms with Crippen LogP contribution >= 0.6 is 23.2 Å². The van der Waals surface area contributed by atoms with Crippen LogP contribution in [0, 0.1) is 0 Å². The van der Waals surface area contributed by atoms with Crippen LogP contribution in [0.4, 0.5) is 0 Å². The molecule has 2 aromatic heterocycles. The summed E-state index contributed by atoms with van der Waals surface area (Å²) < 4.78 is 5.47. The zero-order valence-corrected chi connectivity index (χ0v) is 13.7. The number of rotatable bonds is 4. The minimum atomic E-state index is 0.176. The molecule has 2 aromatic carbocycles. The Kier molecular flexibility index (Phi) is 3.84. The monoisotopic (exact) mass is 360 g/mol. The molecule has 2 heterocycles. The van der Waals surface area contributed by atoms with Crippen molar-refractivity contribution in [2.45, 2.75) is 6.61 Å². The van der Waals surface area contributed by atoms with Crippen LogP contribution in [0.3, 0.4) is 0 Å². The molecule has 4 aromatic rings. The number of halogens is 2. The van der Waals surface area contributed by atoms with Crippen molar-refractivity contribution >= 4 is 34.2 Å². The largest absolute Gasteiger partial charge is 0.444 e. The third-order valence-electron chi connectivity index (χ3n) is 3.34. The van der Waals surface area contributed by atoms with E-state index in [9.17, 15) is 0 Å². The second-order valence-corrected chi connectivity index (χ2v) is 5.90. The normalized spacial score (nSPS) is 11.1. The molecule has 0 amide bonds. The molecule has 24 heavy (non-hydrogen) atoms. The molecule has 0 unspecified atom stereocenters. The van der Waals surface area contributed by atoms with Crippen LogP contribution in [0.25, 0.3) is 22.5 Å². The molecular weight excluding hydrogens is 351 g/mol. The van der Waals surface area contributed by atoms with Crippen molar-refractivity contribution in [3.8, 4) is 11.5 Å². The van der Waals surface area contributed by atoms with Crippen molar-refractivity contribution in [1.29, 1.82) is 0 Å². The maximum absolute atomic E-state index is 5.99. The zero-order chi connectivity index (χ0) is 16.5. The molecule has 0 radical (unpaired) electrons. The van der Waals surface area contributed by atoms with Crippen LogP contribution in [0.1, 0.15) is 5.69 Å².